The molecule has 3 nitrogen and oxygen atoms in total. The Kier molecular flexibility index (Phi) is 1.42. The van der Waals surface area contributed by atoms with E-state index in [2.05, 4.69) is 0 Å². The average Bonchev–Trinajstić information content (AvgIpc) is 1.35. The van der Waals surface area contributed by atoms with Crippen molar-refractivity contribution in [1.29, 1.82) is 0 Å². The van der Waals surface area contributed by atoms with Gasteiger partial charge in [0.1, 0.15) is 0 Å². The lowest BCUT2D eigenvalue weighted by molar-refractivity contribution is 0.538. The summed E-state index contributed by atoms with van der Waals surface area (Å²) in [6.07, 6.45) is 0. The molecule has 0 aromatic heterocycles. The second-order valence-electron chi connectivity index (χ2n) is 0.481. The highest BCUT2D eigenvalue weighted by atomic mass is 32.3. The van der Waals surface area contributed by atoms with Crippen molar-refractivity contribution < 1.29 is 16.8 Å². The lowest BCUT2D eigenvalue weighted by atomic mass is 13.8. The van der Waals surface area contributed by atoms with Gasteiger partial charge in [-0.3, -0.25) is 0 Å². The molecule has 0 aliphatic carbocycles. The third-order valence-corrected chi connectivity index (χ3v) is 0.247. The van der Waals surface area contributed by atoms with Gasteiger partial charge in [-0.2, -0.15) is 0 Å². The summed E-state index contributed by atoms with van der Waals surface area (Å²) in [5.74, 6) is 0. The van der Waals surface area contributed by atoms with E-state index in [9.17, 15) is 8.37 Å². The molecule has 0 spiro atoms. The van der Waals surface area contributed by atoms with Gasteiger partial charge in [-0.1, -0.05) is 0 Å². The van der Waals surface area contributed by atoms with Gasteiger partial charge in [-0.15, -0.1) is 3.89 Å². The maximum Gasteiger partial charge on any atom is 0.251 e. The van der Waals surface area contributed by atoms with Crippen LogP contribution in [-0.4, -0.2) is 8.42 Å². The molecule has 0 heterocycles. The summed E-state index contributed by atoms with van der Waals surface area (Å²) in [7, 11) is -5.20. The minimum atomic E-state index is -5.20. The van der Waals surface area contributed by atoms with Crippen molar-refractivity contribution in [3.63, 3.8) is 0 Å². The minimum absolute atomic E-state index is 0.826. The molecule has 0 unspecified atom stereocenters. The van der Waals surface area contributed by atoms with Gasteiger partial charge in [-0.05, 0) is 0 Å². The van der Waals surface area contributed by atoms with E-state index in [0.29, 0.717) is 0 Å². The Morgan fingerprint density at radius 2 is 1.67 bits per heavy atom. The number of halogens is 2. The highest BCUT2D eigenvalue weighted by Crippen LogP contribution is 2.00. The summed E-state index contributed by atoms with van der Waals surface area (Å²) in [5, 5.41) is 0. The second-order valence-corrected chi connectivity index (χ2v) is 1.44. The van der Waals surface area contributed by atoms with Crippen molar-refractivity contribution in [3.8, 4) is 0 Å². The van der Waals surface area contributed by atoms with Gasteiger partial charge in [0.15, 0.2) is 0 Å². The van der Waals surface area contributed by atoms with Gasteiger partial charge in [0.2, 0.25) is 0 Å². The molecule has 0 fully saturated rings. The largest absolute Gasteiger partial charge is 0.352 e. The van der Waals surface area contributed by atoms with E-state index in [1.165, 1.54) is 0 Å². The maximum atomic E-state index is 10.5. The van der Waals surface area contributed by atoms with Crippen molar-refractivity contribution in [2.45, 2.75) is 0 Å². The molecular weight excluding hydrogens is 116 g/mol. The molecule has 0 aliphatic rings. The van der Waals surface area contributed by atoms with E-state index < -0.39 is 10.4 Å². The monoisotopic (exact) mass is 116 g/mol. The van der Waals surface area contributed by atoms with Gasteiger partial charge in [-0.25, -0.2) is 8.42 Å². The van der Waals surface area contributed by atoms with Gasteiger partial charge >= 0.3 is 0 Å². The molecule has 0 bridgehead atoms. The molecule has 0 aromatic rings. The fourth-order valence-corrected chi connectivity index (χ4v) is 0. The third kappa shape index (κ3) is 3.77. The summed E-state index contributed by atoms with van der Waals surface area (Å²) in [5.41, 5.74) is 0. The number of nitrogens with zero attached hydrogens (tertiary/aromatic N) is 1. The van der Waals surface area contributed by atoms with Gasteiger partial charge in [0.25, 0.3) is 10.4 Å². The van der Waals surface area contributed by atoms with E-state index in [4.69, 9.17) is 8.42 Å². The van der Waals surface area contributed by atoms with Gasteiger partial charge < -0.3 is 9.43 Å². The van der Waals surface area contributed by atoms with Crippen LogP contribution in [0.5, 0.6) is 0 Å². The highest BCUT2D eigenvalue weighted by molar-refractivity contribution is 7.88. The summed E-state index contributed by atoms with van der Waals surface area (Å²) >= 11 is 0. The zero-order valence-electron chi connectivity index (χ0n) is 2.43. The van der Waals surface area contributed by atoms with Crippen LogP contribution in [-0.2, 0) is 10.4 Å². The average molecular weight is 116 g/mol. The topological polar surface area (TPSA) is 48.2 Å². The first-order valence-electron chi connectivity index (χ1n) is 0.839. The predicted molar refractivity (Wildman–Crippen MR) is 14.5 cm³/mol. The first-order chi connectivity index (χ1) is 2.56. The first kappa shape index (κ1) is 5.77. The summed E-state index contributed by atoms with van der Waals surface area (Å²) in [6.45, 7) is 0. The number of hydrogen-bond donors (Lipinski definition) is 0. The van der Waals surface area contributed by atoms with E-state index in [1.807, 2.05) is 0 Å². The molecule has 0 saturated carbocycles. The Hall–Kier alpha value is -0.230. The zero-order chi connectivity index (χ0) is 5.21. The van der Waals surface area contributed by atoms with E-state index in [1.54, 1.807) is 0 Å². The molecule has 0 N–H and O–H groups in total. The van der Waals surface area contributed by atoms with Crippen molar-refractivity contribution in [3.05, 3.63) is 4.94 Å². The highest BCUT2D eigenvalue weighted by Gasteiger charge is 1.83. The van der Waals surface area contributed by atoms with Gasteiger partial charge in [0.05, 0.1) is 0 Å². The molecule has 0 atom stereocenters. The number of rotatable bonds is 1. The first-order valence-corrected chi connectivity index (χ1v) is 2.18. The third-order valence-electron chi connectivity index (χ3n) is 0.0824. The Balaban J connectivity index is 3.85. The Bertz CT molecular complexity index is 114. The molecule has 0 aliphatic heterocycles. The second kappa shape index (κ2) is 1.48. The lowest BCUT2D eigenvalue weighted by Crippen LogP contribution is -1.77. The number of hydrogen-bond acceptors (Lipinski definition) is 2. The molecule has 0 saturated heterocycles. The van der Waals surface area contributed by atoms with Crippen LogP contribution in [0.2, 0.25) is 0 Å². The molecule has 0 rings (SSSR count). The lowest BCUT2D eigenvalue weighted by Gasteiger charge is -1.93. The van der Waals surface area contributed by atoms with Crippen LogP contribution in [0.15, 0.2) is 0 Å². The molecule has 0 amide bonds. The Labute approximate surface area is 33.2 Å². The maximum absolute atomic E-state index is 10.5. The summed E-state index contributed by atoms with van der Waals surface area (Å²) in [4.78, 5) is 0.826. The Morgan fingerprint density at radius 3 is 1.67 bits per heavy atom. The standard InChI is InChI=1S/F2NO2S/c1-3-6(2,4)5/q-1. The Morgan fingerprint density at radius 1 is 1.50 bits per heavy atom. The van der Waals surface area contributed by atoms with Crippen LogP contribution in [0.3, 0.4) is 0 Å². The van der Waals surface area contributed by atoms with Crippen LogP contribution < -0.4 is 0 Å². The predicted octanol–water partition coefficient (Wildman–Crippen LogP) is 0.459. The minimum Gasteiger partial charge on any atom is -0.352 e. The van der Waals surface area contributed by atoms with Gasteiger partial charge in [0, 0.05) is 0 Å². The normalized spacial score (nSPS) is 11.7. The van der Waals surface area contributed by atoms with Crippen LogP contribution in [0.4, 0.5) is 8.37 Å². The SMILES string of the molecule is O=S(=O)(F)[N-]F. The fourth-order valence-electron chi connectivity index (χ4n) is 0. The van der Waals surface area contributed by atoms with Crippen molar-refractivity contribution >= 4 is 10.4 Å². The van der Waals surface area contributed by atoms with E-state index >= 15 is 0 Å². The quantitative estimate of drug-likeness (QED) is 0.467. The van der Waals surface area contributed by atoms with Crippen LogP contribution >= 0.6 is 0 Å². The molecular formula is F2NO2S-. The van der Waals surface area contributed by atoms with Crippen LogP contribution in [0.1, 0.15) is 0 Å². The summed E-state index contributed by atoms with van der Waals surface area (Å²) < 4.78 is 38.3. The van der Waals surface area contributed by atoms with E-state index in [0.717, 1.165) is 4.94 Å². The van der Waals surface area contributed by atoms with E-state index in [-0.39, 0.29) is 0 Å². The summed E-state index contributed by atoms with van der Waals surface area (Å²) in [6, 6.07) is 0. The van der Waals surface area contributed by atoms with Crippen molar-refractivity contribution in [1.82, 2.24) is 0 Å². The fraction of sp³-hybridized carbons (Fsp3) is 0. The van der Waals surface area contributed by atoms with Crippen LogP contribution in [0, 0.1) is 0 Å². The molecule has 38 valence electrons. The smallest absolute Gasteiger partial charge is 0.251 e. The molecule has 6 heavy (non-hydrogen) atoms. The molecule has 0 radical (unpaired) electrons. The molecule has 6 heteroatoms. The van der Waals surface area contributed by atoms with Crippen molar-refractivity contribution in [2.24, 2.45) is 0 Å². The zero-order valence-corrected chi connectivity index (χ0v) is 3.24. The van der Waals surface area contributed by atoms with Crippen molar-refractivity contribution in [2.75, 3.05) is 0 Å². The van der Waals surface area contributed by atoms with Crippen LogP contribution in [0.25, 0.3) is 4.94 Å². The molecule has 0 aromatic carbocycles.